The van der Waals surface area contributed by atoms with E-state index in [-0.39, 0.29) is 24.5 Å². The summed E-state index contributed by atoms with van der Waals surface area (Å²) in [6, 6.07) is 0.273. The summed E-state index contributed by atoms with van der Waals surface area (Å²) in [5.41, 5.74) is 0. The normalized spacial score (nSPS) is 43.8. The molecular weight excluding hydrogens is 154 g/mol. The van der Waals surface area contributed by atoms with Crippen molar-refractivity contribution >= 4 is 5.91 Å². The Kier molecular flexibility index (Phi) is 1.83. The van der Waals surface area contributed by atoms with Gasteiger partial charge in [-0.1, -0.05) is 6.92 Å². The first-order chi connectivity index (χ1) is 5.72. The molecule has 0 aromatic rings. The molecule has 0 bridgehead atoms. The molecule has 3 heteroatoms. The summed E-state index contributed by atoms with van der Waals surface area (Å²) < 4.78 is 0. The monoisotopic (exact) mass is 169 g/mol. The summed E-state index contributed by atoms with van der Waals surface area (Å²) in [6.45, 7) is 2.31. The van der Waals surface area contributed by atoms with Crippen LogP contribution in [0, 0.1) is 17.8 Å². The highest BCUT2D eigenvalue weighted by molar-refractivity contribution is 5.82. The van der Waals surface area contributed by atoms with Crippen molar-refractivity contribution in [3.05, 3.63) is 0 Å². The fourth-order valence-corrected chi connectivity index (χ4v) is 1.60. The minimum atomic E-state index is 0.198. The first-order valence-corrected chi connectivity index (χ1v) is 4.63. The van der Waals surface area contributed by atoms with E-state index in [9.17, 15) is 4.79 Å². The van der Waals surface area contributed by atoms with E-state index >= 15 is 0 Å². The van der Waals surface area contributed by atoms with Crippen LogP contribution in [0.1, 0.15) is 19.8 Å². The van der Waals surface area contributed by atoms with Gasteiger partial charge in [0.25, 0.3) is 0 Å². The zero-order valence-electron chi connectivity index (χ0n) is 7.29. The Morgan fingerprint density at radius 2 is 2.25 bits per heavy atom. The minimum absolute atomic E-state index is 0.198. The second-order valence-corrected chi connectivity index (χ2v) is 4.11. The molecule has 0 saturated heterocycles. The van der Waals surface area contributed by atoms with Gasteiger partial charge >= 0.3 is 0 Å². The standard InChI is InChI=1S/C9H15NO2/c1-5-2-7(5)9(12)10-8-3-6(8)4-11/h5-8,11H,2-4H2,1H3,(H,10,12)/t5-,6?,7-,8?/m0/s1. The lowest BCUT2D eigenvalue weighted by Crippen LogP contribution is -2.29. The van der Waals surface area contributed by atoms with E-state index in [1.54, 1.807) is 0 Å². The minimum Gasteiger partial charge on any atom is -0.396 e. The highest BCUT2D eigenvalue weighted by Gasteiger charge is 2.44. The molecule has 12 heavy (non-hydrogen) atoms. The van der Waals surface area contributed by atoms with Gasteiger partial charge in [-0.2, -0.15) is 0 Å². The maximum Gasteiger partial charge on any atom is 0.223 e. The van der Waals surface area contributed by atoms with Gasteiger partial charge in [0.05, 0.1) is 0 Å². The number of amides is 1. The number of hydrogen-bond donors (Lipinski definition) is 2. The quantitative estimate of drug-likeness (QED) is 0.631. The molecule has 2 saturated carbocycles. The van der Waals surface area contributed by atoms with Gasteiger partial charge in [-0.05, 0) is 18.8 Å². The highest BCUT2D eigenvalue weighted by Crippen LogP contribution is 2.39. The van der Waals surface area contributed by atoms with Crippen molar-refractivity contribution in [3.63, 3.8) is 0 Å². The molecule has 0 aromatic heterocycles. The van der Waals surface area contributed by atoms with Crippen LogP contribution in [0.5, 0.6) is 0 Å². The van der Waals surface area contributed by atoms with Gasteiger partial charge in [0, 0.05) is 24.5 Å². The molecular formula is C9H15NO2. The molecule has 0 aromatic carbocycles. The van der Waals surface area contributed by atoms with Crippen molar-refractivity contribution < 1.29 is 9.90 Å². The van der Waals surface area contributed by atoms with Crippen molar-refractivity contribution in [1.82, 2.24) is 5.32 Å². The predicted octanol–water partition coefficient (Wildman–Crippen LogP) is 0.139. The van der Waals surface area contributed by atoms with E-state index in [2.05, 4.69) is 12.2 Å². The number of aliphatic hydroxyl groups is 1. The number of rotatable bonds is 3. The van der Waals surface area contributed by atoms with E-state index in [0.717, 1.165) is 12.8 Å². The Balaban J connectivity index is 1.71. The van der Waals surface area contributed by atoms with Gasteiger partial charge < -0.3 is 10.4 Å². The molecule has 2 aliphatic carbocycles. The first-order valence-electron chi connectivity index (χ1n) is 4.63. The molecule has 3 nitrogen and oxygen atoms in total. The van der Waals surface area contributed by atoms with Crippen LogP contribution in [0.4, 0.5) is 0 Å². The SMILES string of the molecule is C[C@H]1C[C@@H]1C(=O)NC1CC1CO. The Morgan fingerprint density at radius 1 is 1.58 bits per heavy atom. The van der Waals surface area contributed by atoms with Crippen LogP contribution in [0.3, 0.4) is 0 Å². The molecule has 2 N–H and O–H groups in total. The fraction of sp³-hybridized carbons (Fsp3) is 0.889. The average molecular weight is 169 g/mol. The fourth-order valence-electron chi connectivity index (χ4n) is 1.60. The summed E-state index contributed by atoms with van der Waals surface area (Å²) in [5, 5.41) is 11.7. The zero-order valence-corrected chi connectivity index (χ0v) is 7.29. The molecule has 4 atom stereocenters. The summed E-state index contributed by atoms with van der Waals surface area (Å²) in [4.78, 5) is 11.3. The summed E-state index contributed by atoms with van der Waals surface area (Å²) in [6.07, 6.45) is 2.01. The van der Waals surface area contributed by atoms with Gasteiger partial charge in [0.2, 0.25) is 5.91 Å². The largest absolute Gasteiger partial charge is 0.396 e. The third-order valence-corrected chi connectivity index (χ3v) is 2.93. The smallest absolute Gasteiger partial charge is 0.223 e. The number of aliphatic hydroxyl groups excluding tert-OH is 1. The molecule has 2 unspecified atom stereocenters. The van der Waals surface area contributed by atoms with Gasteiger partial charge in [0.15, 0.2) is 0 Å². The van der Waals surface area contributed by atoms with Gasteiger partial charge in [-0.15, -0.1) is 0 Å². The van der Waals surface area contributed by atoms with Crippen LogP contribution in [0.2, 0.25) is 0 Å². The lowest BCUT2D eigenvalue weighted by atomic mass is 10.3. The third-order valence-electron chi connectivity index (χ3n) is 2.93. The van der Waals surface area contributed by atoms with Gasteiger partial charge in [0.1, 0.15) is 0 Å². The zero-order chi connectivity index (χ0) is 8.72. The Bertz CT molecular complexity index is 205. The Hall–Kier alpha value is -0.570. The molecule has 0 heterocycles. The summed E-state index contributed by atoms with van der Waals surface area (Å²) in [5.74, 6) is 1.38. The second-order valence-electron chi connectivity index (χ2n) is 4.11. The van der Waals surface area contributed by atoms with Crippen molar-refractivity contribution in [3.8, 4) is 0 Å². The molecule has 0 radical (unpaired) electrons. The second kappa shape index (κ2) is 2.73. The van der Waals surface area contributed by atoms with Crippen molar-refractivity contribution in [2.45, 2.75) is 25.8 Å². The maximum absolute atomic E-state index is 11.3. The maximum atomic E-state index is 11.3. The molecule has 2 fully saturated rings. The van der Waals surface area contributed by atoms with Crippen molar-refractivity contribution in [1.29, 1.82) is 0 Å². The lowest BCUT2D eigenvalue weighted by Gasteiger charge is -2.01. The molecule has 0 aliphatic heterocycles. The van der Waals surface area contributed by atoms with E-state index in [0.29, 0.717) is 11.8 Å². The number of carbonyl (C=O) groups is 1. The third kappa shape index (κ3) is 1.46. The van der Waals surface area contributed by atoms with E-state index < -0.39 is 0 Å². The van der Waals surface area contributed by atoms with E-state index in [4.69, 9.17) is 5.11 Å². The van der Waals surface area contributed by atoms with Gasteiger partial charge in [-0.25, -0.2) is 0 Å². The van der Waals surface area contributed by atoms with Crippen molar-refractivity contribution in [2.24, 2.45) is 17.8 Å². The van der Waals surface area contributed by atoms with Crippen molar-refractivity contribution in [2.75, 3.05) is 6.61 Å². The van der Waals surface area contributed by atoms with Crippen LogP contribution in [0.15, 0.2) is 0 Å². The Labute approximate surface area is 72.2 Å². The number of hydrogen-bond acceptors (Lipinski definition) is 2. The number of carbonyl (C=O) groups excluding carboxylic acids is 1. The van der Waals surface area contributed by atoms with E-state index in [1.807, 2.05) is 0 Å². The molecule has 2 aliphatic rings. The van der Waals surface area contributed by atoms with Crippen LogP contribution in [-0.4, -0.2) is 23.7 Å². The van der Waals surface area contributed by atoms with Crippen LogP contribution < -0.4 is 5.32 Å². The first kappa shape index (κ1) is 8.05. The lowest BCUT2D eigenvalue weighted by molar-refractivity contribution is -0.122. The summed E-state index contributed by atoms with van der Waals surface area (Å²) in [7, 11) is 0. The highest BCUT2D eigenvalue weighted by atomic mass is 16.3. The van der Waals surface area contributed by atoms with Crippen LogP contribution in [-0.2, 0) is 4.79 Å². The molecule has 68 valence electrons. The molecule has 1 amide bonds. The average Bonchev–Trinajstić information content (AvgIpc) is 2.88. The molecule has 0 spiro atoms. The topological polar surface area (TPSA) is 49.3 Å². The Morgan fingerprint density at radius 3 is 2.67 bits per heavy atom. The van der Waals surface area contributed by atoms with Gasteiger partial charge in [-0.3, -0.25) is 4.79 Å². The van der Waals surface area contributed by atoms with Crippen LogP contribution in [0.25, 0.3) is 0 Å². The van der Waals surface area contributed by atoms with Crippen LogP contribution >= 0.6 is 0 Å². The van der Waals surface area contributed by atoms with E-state index in [1.165, 1.54) is 0 Å². The predicted molar refractivity (Wildman–Crippen MR) is 44.4 cm³/mol. The molecule has 2 rings (SSSR count). The summed E-state index contributed by atoms with van der Waals surface area (Å²) >= 11 is 0. The number of nitrogens with one attached hydrogen (secondary N) is 1.